The highest BCUT2D eigenvalue weighted by Gasteiger charge is 2.38. The molecule has 1 aromatic heterocycles. The number of nitrogens with zero attached hydrogens (tertiary/aromatic N) is 1. The Morgan fingerprint density at radius 1 is 1.56 bits per heavy atom. The lowest BCUT2D eigenvalue weighted by molar-refractivity contribution is -0.146. The molecule has 2 heterocycles. The Morgan fingerprint density at radius 3 is 2.75 bits per heavy atom. The molecule has 1 N–H and O–H groups in total. The standard InChI is InChI=1S/C12H15NO3/c1-9-3-4-10(16-9)5-6-11(14)13-7-12(2,15)8-13/h3-6,15H,7-8H2,1-2H3. The van der Waals surface area contributed by atoms with Crippen LogP contribution in [0.3, 0.4) is 0 Å². The molecule has 2 rings (SSSR count). The minimum absolute atomic E-state index is 0.0967. The maximum Gasteiger partial charge on any atom is 0.246 e. The van der Waals surface area contributed by atoms with Crippen LogP contribution in [0.2, 0.25) is 0 Å². The molecule has 1 saturated heterocycles. The topological polar surface area (TPSA) is 53.7 Å². The molecule has 1 aliphatic heterocycles. The monoisotopic (exact) mass is 221 g/mol. The number of rotatable bonds is 2. The van der Waals surface area contributed by atoms with E-state index in [1.807, 2.05) is 19.1 Å². The van der Waals surface area contributed by atoms with Gasteiger partial charge in [0.1, 0.15) is 11.5 Å². The summed E-state index contributed by atoms with van der Waals surface area (Å²) in [6, 6.07) is 3.66. The number of β-amino-alcohol motifs (C(OH)–C–C–N with tert-alkyl or cyclic N) is 1. The van der Waals surface area contributed by atoms with Crippen molar-refractivity contribution in [3.8, 4) is 0 Å². The molecule has 0 aromatic carbocycles. The molecule has 0 unspecified atom stereocenters. The number of carbonyl (C=O) groups excluding carboxylic acids is 1. The molecule has 0 spiro atoms. The lowest BCUT2D eigenvalue weighted by Crippen LogP contribution is -2.61. The van der Waals surface area contributed by atoms with Crippen LogP contribution in [-0.2, 0) is 4.79 Å². The fourth-order valence-electron chi connectivity index (χ4n) is 1.73. The number of amides is 1. The summed E-state index contributed by atoms with van der Waals surface area (Å²) in [7, 11) is 0. The normalized spacial score (nSPS) is 18.8. The Labute approximate surface area is 94.2 Å². The summed E-state index contributed by atoms with van der Waals surface area (Å²) in [4.78, 5) is 13.2. The quantitative estimate of drug-likeness (QED) is 0.763. The highest BCUT2D eigenvalue weighted by molar-refractivity contribution is 5.92. The van der Waals surface area contributed by atoms with Crippen molar-refractivity contribution in [2.45, 2.75) is 19.4 Å². The zero-order valence-corrected chi connectivity index (χ0v) is 9.43. The van der Waals surface area contributed by atoms with Crippen LogP contribution < -0.4 is 0 Å². The van der Waals surface area contributed by atoms with Crippen LogP contribution in [0.15, 0.2) is 22.6 Å². The number of hydrogen-bond acceptors (Lipinski definition) is 3. The van der Waals surface area contributed by atoms with Crippen LogP contribution >= 0.6 is 0 Å². The Bertz CT molecular complexity index is 423. The number of furan rings is 1. The summed E-state index contributed by atoms with van der Waals surface area (Å²) >= 11 is 0. The third-order valence-electron chi connectivity index (χ3n) is 2.53. The van der Waals surface area contributed by atoms with Gasteiger partial charge < -0.3 is 14.4 Å². The van der Waals surface area contributed by atoms with E-state index in [-0.39, 0.29) is 5.91 Å². The number of aryl methyl sites for hydroxylation is 1. The minimum atomic E-state index is -0.717. The molecule has 1 aromatic rings. The van der Waals surface area contributed by atoms with E-state index in [1.54, 1.807) is 17.9 Å². The first kappa shape index (κ1) is 11.0. The van der Waals surface area contributed by atoms with Gasteiger partial charge in [-0.2, -0.15) is 0 Å². The lowest BCUT2D eigenvalue weighted by atomic mass is 9.97. The van der Waals surface area contributed by atoms with E-state index < -0.39 is 5.60 Å². The summed E-state index contributed by atoms with van der Waals surface area (Å²) < 4.78 is 5.30. The Balaban J connectivity index is 1.91. The summed E-state index contributed by atoms with van der Waals surface area (Å²) in [5.74, 6) is 1.39. The van der Waals surface area contributed by atoms with Crippen molar-refractivity contribution in [2.24, 2.45) is 0 Å². The van der Waals surface area contributed by atoms with Gasteiger partial charge >= 0.3 is 0 Å². The molecular weight excluding hydrogens is 206 g/mol. The molecule has 0 radical (unpaired) electrons. The van der Waals surface area contributed by atoms with Gasteiger partial charge in [-0.1, -0.05) is 0 Å². The molecular formula is C12H15NO3. The molecule has 0 saturated carbocycles. The van der Waals surface area contributed by atoms with Gasteiger partial charge in [-0.3, -0.25) is 4.79 Å². The van der Waals surface area contributed by atoms with Gasteiger partial charge in [0.15, 0.2) is 0 Å². The molecule has 1 aliphatic rings. The third-order valence-corrected chi connectivity index (χ3v) is 2.53. The van der Waals surface area contributed by atoms with E-state index in [0.717, 1.165) is 5.76 Å². The van der Waals surface area contributed by atoms with Gasteiger partial charge in [-0.25, -0.2) is 0 Å². The highest BCUT2D eigenvalue weighted by atomic mass is 16.3. The van der Waals surface area contributed by atoms with Gasteiger partial charge in [0.25, 0.3) is 0 Å². The van der Waals surface area contributed by atoms with Crippen LogP contribution in [0.5, 0.6) is 0 Å². The Kier molecular flexibility index (Phi) is 2.59. The van der Waals surface area contributed by atoms with Gasteiger partial charge in [0.2, 0.25) is 5.91 Å². The van der Waals surface area contributed by atoms with Gasteiger partial charge in [-0.05, 0) is 32.1 Å². The smallest absolute Gasteiger partial charge is 0.246 e. The second-order valence-electron chi connectivity index (χ2n) is 4.47. The lowest BCUT2D eigenvalue weighted by Gasteiger charge is -2.43. The summed E-state index contributed by atoms with van der Waals surface area (Å²) in [6.07, 6.45) is 3.11. The maximum absolute atomic E-state index is 11.6. The molecule has 0 bridgehead atoms. The van der Waals surface area contributed by atoms with E-state index in [2.05, 4.69) is 0 Å². The third kappa shape index (κ3) is 2.33. The molecule has 1 fully saturated rings. The fraction of sp³-hybridized carbons (Fsp3) is 0.417. The molecule has 0 aliphatic carbocycles. The predicted molar refractivity (Wildman–Crippen MR) is 59.7 cm³/mol. The van der Waals surface area contributed by atoms with E-state index in [4.69, 9.17) is 4.42 Å². The Morgan fingerprint density at radius 2 is 2.25 bits per heavy atom. The summed E-state index contributed by atoms with van der Waals surface area (Å²) in [5.41, 5.74) is -0.717. The zero-order chi connectivity index (χ0) is 11.8. The molecule has 16 heavy (non-hydrogen) atoms. The fourth-order valence-corrected chi connectivity index (χ4v) is 1.73. The van der Waals surface area contributed by atoms with E-state index in [1.165, 1.54) is 6.08 Å². The van der Waals surface area contributed by atoms with Crippen LogP contribution in [0.25, 0.3) is 6.08 Å². The van der Waals surface area contributed by atoms with Crippen LogP contribution in [0, 0.1) is 6.92 Å². The van der Waals surface area contributed by atoms with Crippen molar-refractivity contribution in [3.05, 3.63) is 29.7 Å². The summed E-state index contributed by atoms with van der Waals surface area (Å²) in [5, 5.41) is 9.48. The van der Waals surface area contributed by atoms with Crippen LogP contribution in [0.1, 0.15) is 18.4 Å². The Hall–Kier alpha value is -1.55. The summed E-state index contributed by atoms with van der Waals surface area (Å²) in [6.45, 7) is 4.36. The average molecular weight is 221 g/mol. The molecule has 0 atom stereocenters. The van der Waals surface area contributed by atoms with Crippen LogP contribution in [0.4, 0.5) is 0 Å². The van der Waals surface area contributed by atoms with E-state index in [0.29, 0.717) is 18.8 Å². The molecule has 4 nitrogen and oxygen atoms in total. The van der Waals surface area contributed by atoms with Gasteiger partial charge in [-0.15, -0.1) is 0 Å². The van der Waals surface area contributed by atoms with Crippen molar-refractivity contribution in [3.63, 3.8) is 0 Å². The first-order chi connectivity index (χ1) is 7.46. The van der Waals surface area contributed by atoms with Crippen molar-refractivity contribution in [2.75, 3.05) is 13.1 Å². The van der Waals surface area contributed by atoms with E-state index in [9.17, 15) is 9.90 Å². The first-order valence-electron chi connectivity index (χ1n) is 5.22. The SMILES string of the molecule is Cc1ccc(C=CC(=O)N2CC(C)(O)C2)o1. The second-order valence-corrected chi connectivity index (χ2v) is 4.47. The van der Waals surface area contributed by atoms with Crippen molar-refractivity contribution >= 4 is 12.0 Å². The number of likely N-dealkylation sites (tertiary alicyclic amines) is 1. The molecule has 86 valence electrons. The number of aliphatic hydroxyl groups is 1. The van der Waals surface area contributed by atoms with Crippen LogP contribution in [-0.4, -0.2) is 34.6 Å². The highest BCUT2D eigenvalue weighted by Crippen LogP contribution is 2.20. The van der Waals surface area contributed by atoms with Gasteiger partial charge in [0.05, 0.1) is 18.7 Å². The number of carbonyl (C=O) groups is 1. The van der Waals surface area contributed by atoms with E-state index >= 15 is 0 Å². The first-order valence-corrected chi connectivity index (χ1v) is 5.22. The maximum atomic E-state index is 11.6. The minimum Gasteiger partial charge on any atom is -0.462 e. The molecule has 4 heteroatoms. The predicted octanol–water partition coefficient (Wildman–Crippen LogP) is 1.19. The average Bonchev–Trinajstić information content (AvgIpc) is 2.57. The van der Waals surface area contributed by atoms with Gasteiger partial charge in [0, 0.05) is 6.08 Å². The molecule has 1 amide bonds. The van der Waals surface area contributed by atoms with Crippen molar-refractivity contribution < 1.29 is 14.3 Å². The number of hydrogen-bond donors (Lipinski definition) is 1. The van der Waals surface area contributed by atoms with Crippen molar-refractivity contribution in [1.82, 2.24) is 4.90 Å². The second kappa shape index (κ2) is 3.79. The zero-order valence-electron chi connectivity index (χ0n) is 9.43. The van der Waals surface area contributed by atoms with Crippen molar-refractivity contribution in [1.29, 1.82) is 0 Å². The largest absolute Gasteiger partial charge is 0.462 e.